The molecule has 3 aromatic rings. The lowest BCUT2D eigenvalue weighted by atomic mass is 9.96. The summed E-state index contributed by atoms with van der Waals surface area (Å²) in [5.41, 5.74) is 3.42. The number of carbonyl (C=O) groups excluding carboxylic acids is 2. The summed E-state index contributed by atoms with van der Waals surface area (Å²) in [7, 11) is 0. The molecule has 0 fully saturated rings. The summed E-state index contributed by atoms with van der Waals surface area (Å²) in [5.74, 6) is 0.0132. The van der Waals surface area contributed by atoms with Crippen LogP contribution >= 0.6 is 11.7 Å². The summed E-state index contributed by atoms with van der Waals surface area (Å²) < 4.78 is 23.8. The van der Waals surface area contributed by atoms with E-state index in [-0.39, 0.29) is 18.8 Å². The molecular formula is C18H10N2O5S. The maximum Gasteiger partial charge on any atom is 0.347 e. The monoisotopic (exact) mass is 366 g/mol. The largest absolute Gasteiger partial charge is 0.454 e. The van der Waals surface area contributed by atoms with Crippen LogP contribution in [0.1, 0.15) is 11.1 Å². The van der Waals surface area contributed by atoms with Crippen molar-refractivity contribution < 1.29 is 23.8 Å². The molecule has 2 aromatic carbocycles. The highest BCUT2D eigenvalue weighted by Gasteiger charge is 2.34. The molecule has 0 saturated carbocycles. The van der Waals surface area contributed by atoms with E-state index in [1.54, 1.807) is 30.3 Å². The highest BCUT2D eigenvalue weighted by molar-refractivity contribution is 7.00. The first-order valence-corrected chi connectivity index (χ1v) is 8.53. The minimum Gasteiger partial charge on any atom is -0.454 e. The molecule has 0 atom stereocenters. The number of esters is 2. The molecule has 8 heteroatoms. The molecule has 2 aliphatic rings. The topological polar surface area (TPSA) is 87.6 Å². The molecule has 5 rings (SSSR count). The van der Waals surface area contributed by atoms with Gasteiger partial charge in [-0.3, -0.25) is 0 Å². The van der Waals surface area contributed by atoms with Crippen LogP contribution in [0, 0.1) is 0 Å². The van der Waals surface area contributed by atoms with Gasteiger partial charge in [-0.2, -0.15) is 8.75 Å². The van der Waals surface area contributed by atoms with Crippen LogP contribution in [0.5, 0.6) is 11.5 Å². The second kappa shape index (κ2) is 5.63. The number of hydrogen-bond donors (Lipinski definition) is 0. The second-order valence-corrected chi connectivity index (χ2v) is 6.39. The van der Waals surface area contributed by atoms with Crippen LogP contribution in [0.2, 0.25) is 0 Å². The average Bonchev–Trinajstić information content (AvgIpc) is 3.34. The van der Waals surface area contributed by atoms with Gasteiger partial charge < -0.3 is 14.2 Å². The molecule has 128 valence electrons. The molecule has 3 heterocycles. The van der Waals surface area contributed by atoms with E-state index >= 15 is 0 Å². The SMILES string of the molecule is O=C1OC(=O)C(c2ccc3nsnc3c2)=C1Cc1ccc2c(c1)OCO2. The van der Waals surface area contributed by atoms with E-state index in [0.717, 1.165) is 22.8 Å². The van der Waals surface area contributed by atoms with Crippen LogP contribution in [-0.4, -0.2) is 27.5 Å². The molecule has 0 N–H and O–H groups in total. The molecule has 0 bridgehead atoms. The Bertz CT molecular complexity index is 1120. The molecule has 7 nitrogen and oxygen atoms in total. The number of rotatable bonds is 3. The molecule has 26 heavy (non-hydrogen) atoms. The van der Waals surface area contributed by atoms with Gasteiger partial charge in [-0.15, -0.1) is 0 Å². The number of fused-ring (bicyclic) bond motifs is 2. The Labute approximate surface area is 151 Å². The zero-order valence-corrected chi connectivity index (χ0v) is 14.0. The minimum absolute atomic E-state index is 0.176. The first-order chi connectivity index (χ1) is 12.7. The molecule has 0 spiro atoms. The molecule has 0 unspecified atom stereocenters. The van der Waals surface area contributed by atoms with Gasteiger partial charge in [0.25, 0.3) is 0 Å². The first-order valence-electron chi connectivity index (χ1n) is 7.80. The molecule has 0 aliphatic carbocycles. The Morgan fingerprint density at radius 1 is 0.923 bits per heavy atom. The zero-order chi connectivity index (χ0) is 17.7. The number of ether oxygens (including phenoxy) is 3. The molecule has 0 saturated heterocycles. The highest BCUT2D eigenvalue weighted by Crippen LogP contribution is 2.35. The van der Waals surface area contributed by atoms with E-state index in [0.29, 0.717) is 28.2 Å². The van der Waals surface area contributed by atoms with Crippen LogP contribution in [0.25, 0.3) is 16.6 Å². The van der Waals surface area contributed by atoms with Crippen molar-refractivity contribution >= 4 is 40.3 Å². The zero-order valence-electron chi connectivity index (χ0n) is 13.2. The Kier molecular flexibility index (Phi) is 3.26. The summed E-state index contributed by atoms with van der Waals surface area (Å²) in [4.78, 5) is 24.5. The standard InChI is InChI=1S/C18H10N2O5S/c21-17-11(5-9-1-4-14-15(6-9)24-8-23-14)16(18(22)25-17)10-2-3-12-13(7-10)20-26-19-12/h1-4,6-7H,5,8H2. The van der Waals surface area contributed by atoms with E-state index < -0.39 is 11.9 Å². The highest BCUT2D eigenvalue weighted by atomic mass is 32.1. The first kappa shape index (κ1) is 15.0. The third kappa shape index (κ3) is 2.34. The summed E-state index contributed by atoms with van der Waals surface area (Å²) in [5, 5.41) is 0. The lowest BCUT2D eigenvalue weighted by Gasteiger charge is -2.05. The Hall–Kier alpha value is -3.26. The molecular weight excluding hydrogens is 356 g/mol. The Balaban J connectivity index is 1.58. The van der Waals surface area contributed by atoms with Crippen LogP contribution in [0.15, 0.2) is 42.0 Å². The van der Waals surface area contributed by atoms with Gasteiger partial charge in [0.15, 0.2) is 11.5 Å². The fraction of sp³-hybridized carbons (Fsp3) is 0.111. The minimum atomic E-state index is -0.645. The van der Waals surface area contributed by atoms with E-state index in [4.69, 9.17) is 14.2 Å². The van der Waals surface area contributed by atoms with E-state index in [1.165, 1.54) is 0 Å². The lowest BCUT2D eigenvalue weighted by Crippen LogP contribution is -2.03. The third-order valence-electron chi connectivity index (χ3n) is 4.30. The molecule has 2 aliphatic heterocycles. The maximum atomic E-state index is 12.3. The fourth-order valence-corrected chi connectivity index (χ4v) is 3.58. The fourth-order valence-electron chi connectivity index (χ4n) is 3.07. The second-order valence-electron chi connectivity index (χ2n) is 5.86. The lowest BCUT2D eigenvalue weighted by molar-refractivity contribution is -0.150. The van der Waals surface area contributed by atoms with Crippen LogP contribution in [-0.2, 0) is 20.7 Å². The van der Waals surface area contributed by atoms with Gasteiger partial charge in [-0.05, 0) is 35.4 Å². The van der Waals surface area contributed by atoms with E-state index in [2.05, 4.69) is 8.75 Å². The van der Waals surface area contributed by atoms with Crippen LogP contribution in [0.3, 0.4) is 0 Å². The number of nitrogens with zero attached hydrogens (tertiary/aromatic N) is 2. The van der Waals surface area contributed by atoms with Crippen molar-refractivity contribution in [1.82, 2.24) is 8.75 Å². The molecule has 0 amide bonds. The van der Waals surface area contributed by atoms with Crippen molar-refractivity contribution in [1.29, 1.82) is 0 Å². The van der Waals surface area contributed by atoms with Crippen LogP contribution in [0.4, 0.5) is 0 Å². The van der Waals surface area contributed by atoms with Crippen molar-refractivity contribution in [2.75, 3.05) is 6.79 Å². The molecule has 0 radical (unpaired) electrons. The number of carbonyl (C=O) groups is 2. The van der Waals surface area contributed by atoms with Gasteiger partial charge in [0.1, 0.15) is 11.0 Å². The van der Waals surface area contributed by atoms with Crippen molar-refractivity contribution in [3.05, 3.63) is 53.1 Å². The average molecular weight is 366 g/mol. The quantitative estimate of drug-likeness (QED) is 0.520. The summed E-state index contributed by atoms with van der Waals surface area (Å²) in [6, 6.07) is 10.7. The van der Waals surface area contributed by atoms with Gasteiger partial charge in [0.05, 0.1) is 22.9 Å². The predicted octanol–water partition coefficient (Wildman–Crippen LogP) is 2.50. The van der Waals surface area contributed by atoms with E-state index in [9.17, 15) is 9.59 Å². The maximum absolute atomic E-state index is 12.3. The van der Waals surface area contributed by atoms with Gasteiger partial charge in [0.2, 0.25) is 6.79 Å². The normalized spacial score (nSPS) is 15.8. The van der Waals surface area contributed by atoms with Crippen LogP contribution < -0.4 is 9.47 Å². The Morgan fingerprint density at radius 2 is 1.77 bits per heavy atom. The summed E-state index contributed by atoms with van der Waals surface area (Å²) >= 11 is 1.10. The van der Waals surface area contributed by atoms with Crippen molar-refractivity contribution in [3.8, 4) is 11.5 Å². The van der Waals surface area contributed by atoms with Crippen molar-refractivity contribution in [2.45, 2.75) is 6.42 Å². The van der Waals surface area contributed by atoms with Gasteiger partial charge in [-0.1, -0.05) is 12.1 Å². The Morgan fingerprint density at radius 3 is 2.69 bits per heavy atom. The van der Waals surface area contributed by atoms with Crippen molar-refractivity contribution in [2.24, 2.45) is 0 Å². The molecule has 1 aromatic heterocycles. The number of aromatic nitrogens is 2. The number of benzene rings is 2. The third-order valence-corrected chi connectivity index (χ3v) is 4.85. The number of cyclic esters (lactones) is 2. The smallest absolute Gasteiger partial charge is 0.347 e. The van der Waals surface area contributed by atoms with E-state index in [1.807, 2.05) is 6.07 Å². The van der Waals surface area contributed by atoms with Gasteiger partial charge in [-0.25, -0.2) is 9.59 Å². The van der Waals surface area contributed by atoms with Crippen molar-refractivity contribution in [3.63, 3.8) is 0 Å². The summed E-state index contributed by atoms with van der Waals surface area (Å²) in [6.45, 7) is 0.176. The van der Waals surface area contributed by atoms with Gasteiger partial charge >= 0.3 is 11.9 Å². The predicted molar refractivity (Wildman–Crippen MR) is 91.7 cm³/mol. The van der Waals surface area contributed by atoms with Gasteiger partial charge in [0, 0.05) is 6.42 Å². The number of hydrogen-bond acceptors (Lipinski definition) is 8. The summed E-state index contributed by atoms with van der Waals surface area (Å²) in [6.07, 6.45) is 0.254.